The van der Waals surface area contributed by atoms with Crippen molar-refractivity contribution in [2.75, 3.05) is 26.2 Å². The summed E-state index contributed by atoms with van der Waals surface area (Å²) in [6.45, 7) is 5.91. The molecular formula is C16H23BrClFN2. The molecule has 2 fully saturated rings. The molecule has 21 heavy (non-hydrogen) atoms. The van der Waals surface area contributed by atoms with Gasteiger partial charge in [0, 0.05) is 42.3 Å². The van der Waals surface area contributed by atoms with Crippen LogP contribution in [0.25, 0.3) is 0 Å². The van der Waals surface area contributed by atoms with Crippen LogP contribution in [0.5, 0.6) is 0 Å². The van der Waals surface area contributed by atoms with Gasteiger partial charge in [0.25, 0.3) is 0 Å². The Kier molecular flexibility index (Phi) is 6.06. The number of aryl methyl sites for hydroxylation is 1. The monoisotopic (exact) mass is 376 g/mol. The van der Waals surface area contributed by atoms with Gasteiger partial charge >= 0.3 is 0 Å². The Bertz CT molecular complexity index is 487. The van der Waals surface area contributed by atoms with E-state index in [-0.39, 0.29) is 24.3 Å². The van der Waals surface area contributed by atoms with E-state index in [4.69, 9.17) is 0 Å². The molecule has 1 aliphatic carbocycles. The molecule has 2 nitrogen and oxygen atoms in total. The summed E-state index contributed by atoms with van der Waals surface area (Å²) < 4.78 is 15.6. The van der Waals surface area contributed by atoms with E-state index in [1.54, 1.807) is 0 Å². The van der Waals surface area contributed by atoms with Gasteiger partial charge in [0.15, 0.2) is 0 Å². The number of hydrogen-bond donors (Lipinski definition) is 1. The molecule has 0 bridgehead atoms. The summed E-state index contributed by atoms with van der Waals surface area (Å²) in [5.74, 6) is 0.783. The highest BCUT2D eigenvalue weighted by Crippen LogP contribution is 2.41. The maximum Gasteiger partial charge on any atom is 0.130 e. The van der Waals surface area contributed by atoms with Gasteiger partial charge in [0.1, 0.15) is 5.82 Å². The number of nitrogens with zero attached hydrogens (tertiary/aromatic N) is 1. The van der Waals surface area contributed by atoms with Crippen molar-refractivity contribution in [3.05, 3.63) is 33.5 Å². The van der Waals surface area contributed by atoms with Crippen LogP contribution < -0.4 is 5.32 Å². The van der Waals surface area contributed by atoms with Crippen LogP contribution >= 0.6 is 28.3 Å². The van der Waals surface area contributed by atoms with Gasteiger partial charge in [-0.25, -0.2) is 4.39 Å². The predicted octanol–water partition coefficient (Wildman–Crippen LogP) is 4.06. The summed E-state index contributed by atoms with van der Waals surface area (Å²) in [5, 5.41) is 3.38. The van der Waals surface area contributed by atoms with E-state index in [2.05, 4.69) is 26.1 Å². The molecule has 118 valence electrons. The van der Waals surface area contributed by atoms with Gasteiger partial charge in [0.05, 0.1) is 0 Å². The van der Waals surface area contributed by atoms with Crippen LogP contribution in [0.2, 0.25) is 0 Å². The molecule has 3 rings (SSSR count). The fraction of sp³-hybridized carbons (Fsp3) is 0.625. The average molecular weight is 378 g/mol. The molecule has 0 aromatic heterocycles. The lowest BCUT2D eigenvalue weighted by Crippen LogP contribution is -2.45. The van der Waals surface area contributed by atoms with Gasteiger partial charge in [0.2, 0.25) is 0 Å². The van der Waals surface area contributed by atoms with Crippen LogP contribution in [0.3, 0.4) is 0 Å². The lowest BCUT2D eigenvalue weighted by atomic mass is 9.96. The van der Waals surface area contributed by atoms with Crippen molar-refractivity contribution in [3.63, 3.8) is 0 Å². The molecular weight excluding hydrogens is 355 g/mol. The van der Waals surface area contributed by atoms with E-state index in [1.807, 2.05) is 19.1 Å². The third-order valence-electron chi connectivity index (χ3n) is 4.45. The van der Waals surface area contributed by atoms with E-state index in [0.717, 1.165) is 54.1 Å². The Morgan fingerprint density at radius 2 is 2.00 bits per heavy atom. The highest BCUT2D eigenvalue weighted by Gasteiger charge is 2.32. The van der Waals surface area contributed by atoms with Crippen molar-refractivity contribution >= 4 is 28.3 Å². The van der Waals surface area contributed by atoms with Crippen molar-refractivity contribution in [2.24, 2.45) is 5.92 Å². The summed E-state index contributed by atoms with van der Waals surface area (Å²) in [5.41, 5.74) is 1.62. The van der Waals surface area contributed by atoms with Crippen molar-refractivity contribution in [1.82, 2.24) is 10.2 Å². The van der Waals surface area contributed by atoms with Crippen molar-refractivity contribution in [1.29, 1.82) is 0 Å². The summed E-state index contributed by atoms with van der Waals surface area (Å²) in [4.78, 5) is 2.46. The van der Waals surface area contributed by atoms with Crippen LogP contribution in [0.1, 0.15) is 36.4 Å². The maximum atomic E-state index is 14.6. The topological polar surface area (TPSA) is 15.3 Å². The molecule has 0 spiro atoms. The number of hydrogen-bond acceptors (Lipinski definition) is 2. The highest BCUT2D eigenvalue weighted by molar-refractivity contribution is 9.10. The third-order valence-corrected chi connectivity index (χ3v) is 4.91. The fourth-order valence-electron chi connectivity index (χ4n) is 3.13. The van der Waals surface area contributed by atoms with Crippen molar-refractivity contribution < 1.29 is 4.39 Å². The molecule has 1 aromatic carbocycles. The Balaban J connectivity index is 0.00000161. The zero-order valence-electron chi connectivity index (χ0n) is 12.4. The van der Waals surface area contributed by atoms with E-state index in [0.29, 0.717) is 0 Å². The first-order valence-corrected chi connectivity index (χ1v) is 8.35. The standard InChI is InChI=1S/C16H22BrFN2.ClH/c1-11-8-13(17)10-14(16(11)18)15(9-12-2-3-12)20-6-4-19-5-7-20;/h8,10,12,15,19H,2-7,9H2,1H3;1H/t15-;/m1./s1. The summed E-state index contributed by atoms with van der Waals surface area (Å²) in [6, 6.07) is 4.09. The van der Waals surface area contributed by atoms with Gasteiger partial charge in [-0.2, -0.15) is 0 Å². The summed E-state index contributed by atoms with van der Waals surface area (Å²) in [6.07, 6.45) is 3.74. The normalized spacial score (nSPS) is 20.9. The number of halogens is 3. The van der Waals surface area contributed by atoms with Crippen molar-refractivity contribution in [3.8, 4) is 0 Å². The molecule has 1 atom stereocenters. The van der Waals surface area contributed by atoms with Gasteiger partial charge in [-0.15, -0.1) is 12.4 Å². The minimum absolute atomic E-state index is 0. The fourth-order valence-corrected chi connectivity index (χ4v) is 3.72. The van der Waals surface area contributed by atoms with E-state index >= 15 is 0 Å². The van der Waals surface area contributed by atoms with Crippen LogP contribution in [-0.4, -0.2) is 31.1 Å². The number of rotatable bonds is 4. The van der Waals surface area contributed by atoms with Crippen molar-refractivity contribution in [2.45, 2.75) is 32.2 Å². The number of piperazine rings is 1. The highest BCUT2D eigenvalue weighted by atomic mass is 79.9. The lowest BCUT2D eigenvalue weighted by Gasteiger charge is -2.36. The van der Waals surface area contributed by atoms with Gasteiger partial charge in [-0.3, -0.25) is 4.90 Å². The quantitative estimate of drug-likeness (QED) is 0.851. The Labute approximate surface area is 141 Å². The number of nitrogens with one attached hydrogen (secondary N) is 1. The minimum Gasteiger partial charge on any atom is -0.314 e. The van der Waals surface area contributed by atoms with Gasteiger partial charge in [-0.05, 0) is 37.0 Å². The number of benzene rings is 1. The average Bonchev–Trinajstić information content (AvgIpc) is 3.25. The molecule has 1 saturated carbocycles. The largest absolute Gasteiger partial charge is 0.314 e. The van der Waals surface area contributed by atoms with E-state index in [1.165, 1.54) is 12.8 Å². The second-order valence-corrected chi connectivity index (χ2v) is 7.02. The molecule has 2 aliphatic rings. The second-order valence-electron chi connectivity index (χ2n) is 6.11. The molecule has 1 saturated heterocycles. The molecule has 5 heteroatoms. The zero-order chi connectivity index (χ0) is 14.1. The molecule has 1 N–H and O–H groups in total. The predicted molar refractivity (Wildman–Crippen MR) is 90.6 cm³/mol. The van der Waals surface area contributed by atoms with Gasteiger partial charge < -0.3 is 5.32 Å². The molecule has 0 amide bonds. The second kappa shape index (κ2) is 7.40. The first-order chi connectivity index (χ1) is 9.65. The lowest BCUT2D eigenvalue weighted by molar-refractivity contribution is 0.157. The zero-order valence-corrected chi connectivity index (χ0v) is 14.8. The Morgan fingerprint density at radius 3 is 2.62 bits per heavy atom. The third kappa shape index (κ3) is 4.19. The minimum atomic E-state index is -0.0163. The van der Waals surface area contributed by atoms with Gasteiger partial charge in [-0.1, -0.05) is 28.8 Å². The van der Waals surface area contributed by atoms with Crippen LogP contribution in [0.4, 0.5) is 4.39 Å². The molecule has 1 aromatic rings. The first-order valence-electron chi connectivity index (χ1n) is 7.55. The van der Waals surface area contributed by atoms with Crippen LogP contribution in [0.15, 0.2) is 16.6 Å². The molecule has 1 heterocycles. The summed E-state index contributed by atoms with van der Waals surface area (Å²) >= 11 is 3.52. The Morgan fingerprint density at radius 1 is 1.33 bits per heavy atom. The smallest absolute Gasteiger partial charge is 0.130 e. The van der Waals surface area contributed by atoms with Crippen LogP contribution in [-0.2, 0) is 0 Å². The molecule has 1 aliphatic heterocycles. The summed E-state index contributed by atoms with van der Waals surface area (Å²) in [7, 11) is 0. The first kappa shape index (κ1) is 17.2. The van der Waals surface area contributed by atoms with E-state index < -0.39 is 0 Å². The SMILES string of the molecule is Cc1cc(Br)cc([C@@H](CC2CC2)N2CCNCC2)c1F.Cl. The molecule has 0 radical (unpaired) electrons. The molecule has 0 unspecified atom stereocenters. The van der Waals surface area contributed by atoms with E-state index in [9.17, 15) is 4.39 Å². The van der Waals surface area contributed by atoms with Crippen LogP contribution in [0, 0.1) is 18.7 Å². The maximum absolute atomic E-state index is 14.6. The Hall–Kier alpha value is -0.160.